The van der Waals surface area contributed by atoms with Gasteiger partial charge in [-0.15, -0.1) is 0 Å². The second-order valence-corrected chi connectivity index (χ2v) is 4.48. The first-order valence-corrected chi connectivity index (χ1v) is 5.10. The summed E-state index contributed by atoms with van der Waals surface area (Å²) in [5.74, 6) is -2.29. The highest BCUT2D eigenvalue weighted by Gasteiger charge is 2.37. The molecule has 0 unspecified atom stereocenters. The molecule has 0 amide bonds. The van der Waals surface area contributed by atoms with E-state index >= 15 is 0 Å². The van der Waals surface area contributed by atoms with Gasteiger partial charge in [0.05, 0.1) is 13.2 Å². The first-order valence-electron chi connectivity index (χ1n) is 5.10. The minimum absolute atomic E-state index is 0.155. The van der Waals surface area contributed by atoms with Crippen LogP contribution in [0.1, 0.15) is 27.2 Å². The van der Waals surface area contributed by atoms with Gasteiger partial charge in [-0.3, -0.25) is 0 Å². The Kier molecular flexibility index (Phi) is 3.47. The van der Waals surface area contributed by atoms with Gasteiger partial charge < -0.3 is 19.3 Å². The molecule has 0 aliphatic carbocycles. The van der Waals surface area contributed by atoms with Crippen LogP contribution < -0.4 is 0 Å². The molecule has 0 bridgehead atoms. The third-order valence-electron chi connectivity index (χ3n) is 2.15. The van der Waals surface area contributed by atoms with Gasteiger partial charge in [-0.1, -0.05) is 0 Å². The number of carbonyl (C=O) groups excluding carboxylic acids is 2. The van der Waals surface area contributed by atoms with Gasteiger partial charge in [0.25, 0.3) is 0 Å². The van der Waals surface area contributed by atoms with Crippen molar-refractivity contribution in [2.24, 2.45) is 0 Å². The lowest BCUT2D eigenvalue weighted by Gasteiger charge is -2.32. The minimum Gasteiger partial charge on any atom is -0.467 e. The number of cyclic esters (lactones) is 1. The molecule has 1 heterocycles. The van der Waals surface area contributed by atoms with Crippen LogP contribution in [0.15, 0.2) is 11.8 Å². The summed E-state index contributed by atoms with van der Waals surface area (Å²) in [5, 5.41) is 9.84. The number of rotatable bonds is 3. The van der Waals surface area contributed by atoms with Crippen LogP contribution in [0.25, 0.3) is 0 Å². The lowest BCUT2D eigenvalue weighted by Crippen LogP contribution is -2.40. The van der Waals surface area contributed by atoms with E-state index in [1.54, 1.807) is 13.8 Å². The van der Waals surface area contributed by atoms with Crippen LogP contribution in [0.5, 0.6) is 0 Å². The summed E-state index contributed by atoms with van der Waals surface area (Å²) in [6, 6.07) is 0. The average Bonchev–Trinajstić information content (AvgIpc) is 2.11. The number of hydrogen-bond donors (Lipinski definition) is 1. The molecule has 0 radical (unpaired) electrons. The van der Waals surface area contributed by atoms with E-state index in [4.69, 9.17) is 9.47 Å². The van der Waals surface area contributed by atoms with Gasteiger partial charge in [0.1, 0.15) is 5.76 Å². The molecule has 96 valence electrons. The fraction of sp³-hybridized carbons (Fsp3) is 0.636. The first kappa shape index (κ1) is 13.5. The molecular weight excluding hydrogens is 228 g/mol. The number of hydrogen-bond acceptors (Lipinski definition) is 6. The highest BCUT2D eigenvalue weighted by Crippen LogP contribution is 2.27. The maximum atomic E-state index is 11.3. The summed E-state index contributed by atoms with van der Waals surface area (Å²) in [6.45, 7) is 4.41. The molecule has 0 saturated heterocycles. The van der Waals surface area contributed by atoms with Crippen molar-refractivity contribution in [2.75, 3.05) is 7.11 Å². The van der Waals surface area contributed by atoms with Gasteiger partial charge in [-0.05, 0) is 6.92 Å². The molecule has 1 N–H and O–H groups in total. The van der Waals surface area contributed by atoms with Crippen LogP contribution in [0.2, 0.25) is 0 Å². The Morgan fingerprint density at radius 2 is 2.12 bits per heavy atom. The summed E-state index contributed by atoms with van der Waals surface area (Å²) in [6.07, 6.45) is 0.945. The fourth-order valence-electron chi connectivity index (χ4n) is 1.49. The van der Waals surface area contributed by atoms with E-state index in [2.05, 4.69) is 4.74 Å². The molecule has 6 heteroatoms. The molecule has 17 heavy (non-hydrogen) atoms. The Bertz CT molecular complexity index is 366. The Morgan fingerprint density at radius 1 is 1.53 bits per heavy atom. The van der Waals surface area contributed by atoms with E-state index in [0.29, 0.717) is 0 Å². The van der Waals surface area contributed by atoms with Crippen LogP contribution >= 0.6 is 0 Å². The Morgan fingerprint density at radius 3 is 2.59 bits per heavy atom. The summed E-state index contributed by atoms with van der Waals surface area (Å²) < 4.78 is 14.6. The van der Waals surface area contributed by atoms with Gasteiger partial charge in [0, 0.05) is 20.3 Å². The standard InChI is InChI=1S/C11H16O6/c1-10(2)16-7(5-8(12)17-10)6-11(3,14)9(13)15-4/h5,14H,6H2,1-4H3/t11-/m1/s1. The van der Waals surface area contributed by atoms with Crippen LogP contribution in [-0.4, -0.2) is 35.5 Å². The quantitative estimate of drug-likeness (QED) is 0.728. The zero-order valence-electron chi connectivity index (χ0n) is 10.3. The SMILES string of the molecule is COC(=O)[C@](C)(O)CC1=CC(=O)OC(C)(C)O1. The van der Waals surface area contributed by atoms with Gasteiger partial charge in [-0.25, -0.2) is 9.59 Å². The number of ether oxygens (including phenoxy) is 3. The Labute approximate surface area is 99.2 Å². The lowest BCUT2D eigenvalue weighted by molar-refractivity contribution is -0.208. The van der Waals surface area contributed by atoms with Crippen molar-refractivity contribution in [1.82, 2.24) is 0 Å². The predicted octanol–water partition coefficient (Wildman–Crippen LogP) is 0.494. The zero-order chi connectivity index (χ0) is 13.3. The second-order valence-electron chi connectivity index (χ2n) is 4.48. The third kappa shape index (κ3) is 3.45. The third-order valence-corrected chi connectivity index (χ3v) is 2.15. The maximum absolute atomic E-state index is 11.3. The summed E-state index contributed by atoms with van der Waals surface area (Å²) in [7, 11) is 1.17. The number of esters is 2. The Hall–Kier alpha value is -1.56. The van der Waals surface area contributed by atoms with Crippen LogP contribution in [0.3, 0.4) is 0 Å². The zero-order valence-corrected chi connectivity index (χ0v) is 10.3. The average molecular weight is 244 g/mol. The van der Waals surface area contributed by atoms with Gasteiger partial charge in [0.15, 0.2) is 5.60 Å². The monoisotopic (exact) mass is 244 g/mol. The van der Waals surface area contributed by atoms with E-state index in [0.717, 1.165) is 6.08 Å². The molecule has 0 aromatic heterocycles. The van der Waals surface area contributed by atoms with Crippen molar-refractivity contribution in [1.29, 1.82) is 0 Å². The topological polar surface area (TPSA) is 82.1 Å². The minimum atomic E-state index is -1.74. The largest absolute Gasteiger partial charge is 0.467 e. The van der Waals surface area contributed by atoms with E-state index in [-0.39, 0.29) is 12.2 Å². The lowest BCUT2D eigenvalue weighted by atomic mass is 10.0. The summed E-state index contributed by atoms with van der Waals surface area (Å²) in [4.78, 5) is 22.5. The van der Waals surface area contributed by atoms with E-state index in [1.807, 2.05) is 0 Å². The van der Waals surface area contributed by atoms with Crippen molar-refractivity contribution in [3.63, 3.8) is 0 Å². The fourth-order valence-corrected chi connectivity index (χ4v) is 1.49. The molecule has 6 nitrogen and oxygen atoms in total. The second kappa shape index (κ2) is 4.37. The molecule has 1 aliphatic heterocycles. The number of carbonyl (C=O) groups is 2. The highest BCUT2D eigenvalue weighted by molar-refractivity contribution is 5.84. The molecule has 1 rings (SSSR count). The molecule has 0 spiro atoms. The number of methoxy groups -OCH3 is 1. The van der Waals surface area contributed by atoms with Crippen molar-refractivity contribution in [2.45, 2.75) is 38.6 Å². The molecule has 1 atom stereocenters. The predicted molar refractivity (Wildman–Crippen MR) is 56.6 cm³/mol. The molecule has 0 saturated carbocycles. The van der Waals surface area contributed by atoms with Crippen LogP contribution in [-0.2, 0) is 23.8 Å². The van der Waals surface area contributed by atoms with Gasteiger partial charge in [0.2, 0.25) is 5.79 Å². The van der Waals surface area contributed by atoms with Crippen LogP contribution in [0, 0.1) is 0 Å². The summed E-state index contributed by atoms with van der Waals surface area (Å²) in [5.41, 5.74) is -1.74. The van der Waals surface area contributed by atoms with Crippen molar-refractivity contribution < 1.29 is 28.9 Å². The van der Waals surface area contributed by atoms with E-state index in [9.17, 15) is 14.7 Å². The van der Waals surface area contributed by atoms with E-state index in [1.165, 1.54) is 14.0 Å². The van der Waals surface area contributed by atoms with Crippen molar-refractivity contribution in [3.8, 4) is 0 Å². The molecular formula is C11H16O6. The highest BCUT2D eigenvalue weighted by atomic mass is 16.7. The summed E-state index contributed by atoms with van der Waals surface area (Å²) >= 11 is 0. The molecule has 1 aliphatic rings. The first-order chi connectivity index (χ1) is 7.66. The molecule has 0 aromatic carbocycles. The van der Waals surface area contributed by atoms with Gasteiger partial charge in [-0.2, -0.15) is 0 Å². The Balaban J connectivity index is 2.82. The maximum Gasteiger partial charge on any atom is 0.338 e. The molecule has 0 aromatic rings. The number of aliphatic hydroxyl groups is 1. The van der Waals surface area contributed by atoms with Gasteiger partial charge >= 0.3 is 11.9 Å². The van der Waals surface area contributed by atoms with E-state index < -0.39 is 23.3 Å². The smallest absolute Gasteiger partial charge is 0.338 e. The molecule has 0 fully saturated rings. The van der Waals surface area contributed by atoms with Crippen molar-refractivity contribution in [3.05, 3.63) is 11.8 Å². The van der Waals surface area contributed by atoms with Crippen molar-refractivity contribution >= 4 is 11.9 Å². The van der Waals surface area contributed by atoms with Crippen LogP contribution in [0.4, 0.5) is 0 Å². The normalized spacial score (nSPS) is 21.7.